The highest BCUT2D eigenvalue weighted by atomic mass is 16.6. The third kappa shape index (κ3) is 6.05. The molecule has 0 saturated carbocycles. The second-order valence-electron chi connectivity index (χ2n) is 7.39. The fourth-order valence-corrected chi connectivity index (χ4v) is 3.16. The molecule has 13 nitrogen and oxygen atoms in total. The van der Waals surface area contributed by atoms with E-state index in [-0.39, 0.29) is 34.5 Å². The molecule has 2 N–H and O–H groups in total. The van der Waals surface area contributed by atoms with Crippen molar-refractivity contribution in [2.45, 2.75) is 0 Å². The van der Waals surface area contributed by atoms with Crippen molar-refractivity contribution in [2.24, 2.45) is 0 Å². The summed E-state index contributed by atoms with van der Waals surface area (Å²) in [4.78, 5) is 45.9. The fraction of sp³-hybridized carbons (Fsp3) is 0. The molecule has 0 spiro atoms. The number of nitrogens with zero attached hydrogens (tertiary/aromatic N) is 4. The van der Waals surface area contributed by atoms with Gasteiger partial charge in [-0.3, -0.25) is 35.1 Å². The van der Waals surface area contributed by atoms with Gasteiger partial charge in [0.1, 0.15) is 0 Å². The van der Waals surface area contributed by atoms with E-state index in [0.717, 1.165) is 0 Å². The number of hydrogen-bond donors (Lipinski definition) is 2. The minimum atomic E-state index is -0.641. The first-order valence-corrected chi connectivity index (χ1v) is 10.5. The summed E-state index contributed by atoms with van der Waals surface area (Å²) in [6, 6.07) is 17.2. The molecule has 13 heteroatoms. The largest absolute Gasteiger partial charge is 0.403 e. The van der Waals surface area contributed by atoms with Crippen LogP contribution >= 0.6 is 0 Å². The summed E-state index contributed by atoms with van der Waals surface area (Å²) in [5.41, 5.74) is 0.966. The first-order valence-electron chi connectivity index (χ1n) is 10.5. The number of para-hydroxylation sites is 1. The normalized spacial score (nSPS) is 10.7. The number of carbonyl (C=O) groups is 2. The van der Waals surface area contributed by atoms with E-state index in [0.29, 0.717) is 11.1 Å². The van der Waals surface area contributed by atoms with Crippen molar-refractivity contribution in [3.63, 3.8) is 0 Å². The molecular weight excluding hydrogens is 484 g/mol. The maximum atomic E-state index is 12.8. The lowest BCUT2D eigenvalue weighted by atomic mass is 10.1. The van der Waals surface area contributed by atoms with Crippen molar-refractivity contribution >= 4 is 41.0 Å². The molecule has 0 aliphatic heterocycles. The van der Waals surface area contributed by atoms with Gasteiger partial charge in [-0.1, -0.05) is 29.4 Å². The first kappa shape index (κ1) is 24.4. The van der Waals surface area contributed by atoms with Crippen molar-refractivity contribution in [3.8, 4) is 11.5 Å². The van der Waals surface area contributed by atoms with E-state index in [1.807, 2.05) is 0 Å². The standard InChI is InChI=1S/C24H16N6O7/c31-21(13-8-15-4-3-5-18(14-15)30(35)36)25-20-7-2-1-6-19(20)22(32)26-24-28-27-23(37-24)16-9-11-17(12-10-16)29(33)34/h1-14H,(H,25,31)(H,26,28,32)/b13-8+. The van der Waals surface area contributed by atoms with Gasteiger partial charge in [0.2, 0.25) is 11.8 Å². The van der Waals surface area contributed by atoms with Crippen LogP contribution in [-0.2, 0) is 4.79 Å². The predicted octanol–water partition coefficient (Wildman–Crippen LogP) is 4.46. The van der Waals surface area contributed by atoms with Crippen LogP contribution in [-0.4, -0.2) is 31.9 Å². The van der Waals surface area contributed by atoms with Crippen molar-refractivity contribution < 1.29 is 23.9 Å². The molecule has 184 valence electrons. The van der Waals surface area contributed by atoms with Gasteiger partial charge in [0.05, 0.1) is 21.1 Å². The molecular formula is C24H16N6O7. The summed E-state index contributed by atoms with van der Waals surface area (Å²) in [5, 5.41) is 34.3. The second-order valence-corrected chi connectivity index (χ2v) is 7.39. The van der Waals surface area contributed by atoms with Gasteiger partial charge >= 0.3 is 6.01 Å². The minimum absolute atomic E-state index is 0.0399. The molecule has 0 bridgehead atoms. The van der Waals surface area contributed by atoms with Gasteiger partial charge < -0.3 is 9.73 Å². The van der Waals surface area contributed by atoms with Gasteiger partial charge in [0, 0.05) is 35.9 Å². The number of nitrogens with one attached hydrogen (secondary N) is 2. The molecule has 4 rings (SSSR count). The zero-order chi connectivity index (χ0) is 26.4. The highest BCUT2D eigenvalue weighted by Gasteiger charge is 2.17. The quantitative estimate of drug-likeness (QED) is 0.200. The Morgan fingerprint density at radius 3 is 2.30 bits per heavy atom. The molecule has 0 radical (unpaired) electrons. The van der Waals surface area contributed by atoms with Gasteiger partial charge in [-0.15, -0.1) is 5.10 Å². The van der Waals surface area contributed by atoms with Crippen LogP contribution in [0.5, 0.6) is 0 Å². The monoisotopic (exact) mass is 500 g/mol. The maximum Gasteiger partial charge on any atom is 0.322 e. The third-order valence-corrected chi connectivity index (χ3v) is 4.91. The smallest absolute Gasteiger partial charge is 0.322 e. The fourth-order valence-electron chi connectivity index (χ4n) is 3.16. The Bertz CT molecular complexity index is 1530. The number of non-ortho nitro benzene ring substituents is 2. The van der Waals surface area contributed by atoms with Crippen molar-refractivity contribution in [1.82, 2.24) is 10.2 Å². The number of benzene rings is 3. The summed E-state index contributed by atoms with van der Waals surface area (Å²) >= 11 is 0. The lowest BCUT2D eigenvalue weighted by Gasteiger charge is -2.08. The zero-order valence-corrected chi connectivity index (χ0v) is 18.7. The summed E-state index contributed by atoms with van der Waals surface area (Å²) in [6.45, 7) is 0. The molecule has 1 heterocycles. The molecule has 3 aromatic carbocycles. The van der Waals surface area contributed by atoms with E-state index in [2.05, 4.69) is 20.8 Å². The van der Waals surface area contributed by atoms with Gasteiger partial charge in [-0.05, 0) is 35.9 Å². The molecule has 1 aromatic heterocycles. The molecule has 0 saturated heterocycles. The molecule has 0 unspecified atom stereocenters. The number of anilines is 2. The minimum Gasteiger partial charge on any atom is -0.403 e. The number of carbonyl (C=O) groups excluding carboxylic acids is 2. The lowest BCUT2D eigenvalue weighted by molar-refractivity contribution is -0.385. The van der Waals surface area contributed by atoms with E-state index >= 15 is 0 Å². The average Bonchev–Trinajstić information content (AvgIpc) is 3.36. The molecule has 0 fully saturated rings. The van der Waals surface area contributed by atoms with E-state index in [1.54, 1.807) is 18.2 Å². The Balaban J connectivity index is 1.44. The van der Waals surface area contributed by atoms with Crippen LogP contribution in [0.1, 0.15) is 15.9 Å². The van der Waals surface area contributed by atoms with E-state index in [1.165, 1.54) is 66.7 Å². The Morgan fingerprint density at radius 1 is 0.838 bits per heavy atom. The second kappa shape index (κ2) is 10.7. The number of nitro benzene ring substituents is 2. The SMILES string of the molecule is O=C(/C=C/c1cccc([N+](=O)[O-])c1)Nc1ccccc1C(=O)Nc1nnc(-c2ccc([N+](=O)[O-])cc2)o1. The van der Waals surface area contributed by atoms with Gasteiger partial charge in [-0.2, -0.15) is 0 Å². The van der Waals surface area contributed by atoms with Crippen molar-refractivity contribution in [3.05, 3.63) is 110 Å². The van der Waals surface area contributed by atoms with Gasteiger partial charge in [0.25, 0.3) is 17.3 Å². The highest BCUT2D eigenvalue weighted by molar-refractivity contribution is 6.11. The number of aromatic nitrogens is 2. The molecule has 0 atom stereocenters. The highest BCUT2D eigenvalue weighted by Crippen LogP contribution is 2.24. The van der Waals surface area contributed by atoms with E-state index in [9.17, 15) is 29.8 Å². The maximum absolute atomic E-state index is 12.8. The molecule has 37 heavy (non-hydrogen) atoms. The Labute approximate surface area is 207 Å². The third-order valence-electron chi connectivity index (χ3n) is 4.91. The van der Waals surface area contributed by atoms with Crippen molar-refractivity contribution in [2.75, 3.05) is 10.6 Å². The molecule has 4 aromatic rings. The topological polar surface area (TPSA) is 183 Å². The number of nitro groups is 2. The van der Waals surface area contributed by atoms with E-state index in [4.69, 9.17) is 4.42 Å². The average molecular weight is 500 g/mol. The summed E-state index contributed by atoms with van der Waals surface area (Å²) < 4.78 is 5.43. The van der Waals surface area contributed by atoms with Crippen LogP contribution in [0.25, 0.3) is 17.5 Å². The van der Waals surface area contributed by atoms with Crippen LogP contribution in [0.15, 0.2) is 83.3 Å². The molecule has 0 aliphatic rings. The number of amides is 2. The van der Waals surface area contributed by atoms with Crippen molar-refractivity contribution in [1.29, 1.82) is 0 Å². The Morgan fingerprint density at radius 2 is 1.57 bits per heavy atom. The predicted molar refractivity (Wildman–Crippen MR) is 132 cm³/mol. The first-order chi connectivity index (χ1) is 17.8. The lowest BCUT2D eigenvalue weighted by Crippen LogP contribution is -2.17. The Hall–Kier alpha value is -5.72. The van der Waals surface area contributed by atoms with Crippen LogP contribution in [0.2, 0.25) is 0 Å². The summed E-state index contributed by atoms with van der Waals surface area (Å²) in [6.07, 6.45) is 2.59. The van der Waals surface area contributed by atoms with Gasteiger partial charge in [-0.25, -0.2) is 0 Å². The van der Waals surface area contributed by atoms with Crippen LogP contribution < -0.4 is 10.6 Å². The van der Waals surface area contributed by atoms with Crippen LogP contribution in [0.4, 0.5) is 23.1 Å². The molecule has 0 aliphatic carbocycles. The summed E-state index contributed by atoms with van der Waals surface area (Å²) in [7, 11) is 0. The van der Waals surface area contributed by atoms with Gasteiger partial charge in [0.15, 0.2) is 0 Å². The molecule has 2 amide bonds. The van der Waals surface area contributed by atoms with E-state index < -0.39 is 21.7 Å². The zero-order valence-electron chi connectivity index (χ0n) is 18.7. The van der Waals surface area contributed by atoms with Crippen LogP contribution in [0.3, 0.4) is 0 Å². The number of hydrogen-bond acceptors (Lipinski definition) is 9. The number of rotatable bonds is 8. The van der Waals surface area contributed by atoms with Crippen LogP contribution in [0, 0.1) is 20.2 Å². The Kier molecular flexibility index (Phi) is 7.05. The summed E-state index contributed by atoms with van der Waals surface area (Å²) in [5.74, 6) is -1.17.